The minimum Gasteiger partial charge on any atom is -0.376 e. The highest BCUT2D eigenvalue weighted by Crippen LogP contribution is 2.24. The van der Waals surface area contributed by atoms with Crippen molar-refractivity contribution in [3.63, 3.8) is 0 Å². The van der Waals surface area contributed by atoms with Crippen molar-refractivity contribution >= 4 is 23.4 Å². The third kappa shape index (κ3) is 4.64. The lowest BCUT2D eigenvalue weighted by Gasteiger charge is -2.37. The van der Waals surface area contributed by atoms with Crippen LogP contribution in [0.25, 0.3) is 0 Å². The van der Waals surface area contributed by atoms with Crippen molar-refractivity contribution in [3.8, 4) is 0 Å². The molecule has 1 aromatic carbocycles. The summed E-state index contributed by atoms with van der Waals surface area (Å²) in [6.07, 6.45) is -7.30. The zero-order valence-electron chi connectivity index (χ0n) is 13.5. The Balaban J connectivity index is 1.94. The summed E-state index contributed by atoms with van der Waals surface area (Å²) in [5.74, 6) is -1.57. The van der Waals surface area contributed by atoms with Crippen LogP contribution in [-0.2, 0) is 4.79 Å². The summed E-state index contributed by atoms with van der Waals surface area (Å²) in [6.45, 7) is 0.101. The molecule has 0 radical (unpaired) electrons. The first-order valence-electron chi connectivity index (χ1n) is 7.67. The molecule has 0 spiro atoms. The maximum Gasteiger partial charge on any atom is 0.423 e. The number of aliphatic hydroxyl groups excluding tert-OH is 1. The maximum atomic E-state index is 12.4. The van der Waals surface area contributed by atoms with Crippen LogP contribution in [0.3, 0.4) is 0 Å². The van der Waals surface area contributed by atoms with E-state index in [4.69, 9.17) is 16.7 Å². The van der Waals surface area contributed by atoms with Gasteiger partial charge in [0.1, 0.15) is 0 Å². The van der Waals surface area contributed by atoms with Crippen LogP contribution in [0.2, 0.25) is 5.02 Å². The Labute approximate surface area is 148 Å². The lowest BCUT2D eigenvalue weighted by Crippen LogP contribution is -2.52. The van der Waals surface area contributed by atoms with Gasteiger partial charge in [0.15, 0.2) is 0 Å². The second kappa shape index (κ2) is 7.61. The number of carbonyl (C=O) groups is 2. The minimum absolute atomic E-state index is 0.0505. The summed E-state index contributed by atoms with van der Waals surface area (Å²) >= 11 is 5.79. The number of aliphatic hydroxyl groups is 1. The molecule has 9 heteroatoms. The van der Waals surface area contributed by atoms with E-state index in [9.17, 15) is 22.8 Å². The Morgan fingerprint density at radius 1 is 1.24 bits per heavy atom. The fraction of sp³-hybridized carbons (Fsp3) is 0.500. The number of alkyl halides is 3. The van der Waals surface area contributed by atoms with Crippen molar-refractivity contribution < 1.29 is 27.9 Å². The Morgan fingerprint density at radius 3 is 2.24 bits per heavy atom. The number of benzene rings is 1. The predicted molar refractivity (Wildman–Crippen MR) is 85.2 cm³/mol. The number of nitrogens with zero attached hydrogens (tertiary/aromatic N) is 2. The minimum atomic E-state index is -4.98. The lowest BCUT2D eigenvalue weighted by atomic mass is 10.0. The number of hydrogen-bond donors (Lipinski definition) is 1. The molecule has 1 aromatic rings. The number of piperidine rings is 1. The van der Waals surface area contributed by atoms with Gasteiger partial charge in [-0.25, -0.2) is 0 Å². The highest BCUT2D eigenvalue weighted by Gasteiger charge is 2.46. The number of hydrogen-bond acceptors (Lipinski definition) is 3. The Kier molecular flexibility index (Phi) is 5.95. The van der Waals surface area contributed by atoms with E-state index in [1.54, 1.807) is 31.3 Å². The van der Waals surface area contributed by atoms with Gasteiger partial charge < -0.3 is 14.9 Å². The second-order valence-electron chi connectivity index (χ2n) is 5.92. The van der Waals surface area contributed by atoms with E-state index < -0.39 is 18.2 Å². The van der Waals surface area contributed by atoms with Crippen LogP contribution >= 0.6 is 11.6 Å². The Morgan fingerprint density at radius 2 is 1.76 bits per heavy atom. The van der Waals surface area contributed by atoms with Crippen LogP contribution in [0, 0.1) is 0 Å². The first kappa shape index (κ1) is 19.5. The summed E-state index contributed by atoms with van der Waals surface area (Å²) in [4.78, 5) is 26.6. The molecule has 1 saturated heterocycles. The molecular weight excluding hydrogens is 361 g/mol. The zero-order valence-corrected chi connectivity index (χ0v) is 14.2. The van der Waals surface area contributed by atoms with E-state index in [0.29, 0.717) is 23.4 Å². The number of carbonyl (C=O) groups excluding carboxylic acids is 2. The SMILES string of the molecule is CN(C(=O)c1ccc(Cl)cc1)C1CCN(C(=O)[C@@H](O)C(F)(F)F)CC1. The molecular formula is C16H18ClF3N2O3. The second-order valence-corrected chi connectivity index (χ2v) is 6.36. The molecule has 1 heterocycles. The van der Waals surface area contributed by atoms with Crippen molar-refractivity contribution in [2.45, 2.75) is 31.2 Å². The number of rotatable bonds is 3. The molecule has 1 atom stereocenters. The topological polar surface area (TPSA) is 60.9 Å². The molecule has 1 fully saturated rings. The molecule has 1 aliphatic heterocycles. The normalized spacial score (nSPS) is 17.3. The fourth-order valence-electron chi connectivity index (χ4n) is 2.75. The van der Waals surface area contributed by atoms with E-state index >= 15 is 0 Å². The molecule has 5 nitrogen and oxygen atoms in total. The van der Waals surface area contributed by atoms with Crippen molar-refractivity contribution in [2.24, 2.45) is 0 Å². The smallest absolute Gasteiger partial charge is 0.376 e. The van der Waals surface area contributed by atoms with Gasteiger partial charge >= 0.3 is 6.18 Å². The molecule has 25 heavy (non-hydrogen) atoms. The van der Waals surface area contributed by atoms with E-state index in [1.807, 2.05) is 0 Å². The highest BCUT2D eigenvalue weighted by atomic mass is 35.5. The largest absolute Gasteiger partial charge is 0.423 e. The van der Waals surface area contributed by atoms with Crippen molar-refractivity contribution in [1.29, 1.82) is 0 Å². The van der Waals surface area contributed by atoms with Crippen LogP contribution < -0.4 is 0 Å². The molecule has 0 saturated carbocycles. The molecule has 0 unspecified atom stereocenters. The van der Waals surface area contributed by atoms with Crippen molar-refractivity contribution in [2.75, 3.05) is 20.1 Å². The third-order valence-corrected chi connectivity index (χ3v) is 4.53. The molecule has 1 N–H and O–H groups in total. The molecule has 2 amide bonds. The number of halogens is 4. The zero-order chi connectivity index (χ0) is 18.8. The Hall–Kier alpha value is -1.80. The molecule has 0 aliphatic carbocycles. The van der Waals surface area contributed by atoms with Crippen LogP contribution in [-0.4, -0.2) is 65.2 Å². The molecule has 1 aliphatic rings. The van der Waals surface area contributed by atoms with E-state index in [2.05, 4.69) is 0 Å². The van der Waals surface area contributed by atoms with Crippen LogP contribution in [0.5, 0.6) is 0 Å². The predicted octanol–water partition coefficient (Wildman–Crippen LogP) is 2.33. The van der Waals surface area contributed by atoms with E-state index in [1.165, 1.54) is 4.90 Å². The average Bonchev–Trinajstić information content (AvgIpc) is 2.59. The van der Waals surface area contributed by atoms with Crippen molar-refractivity contribution in [1.82, 2.24) is 9.80 Å². The first-order valence-corrected chi connectivity index (χ1v) is 8.05. The number of amides is 2. The van der Waals surface area contributed by atoms with E-state index in [-0.39, 0.29) is 25.0 Å². The van der Waals surface area contributed by atoms with Crippen LogP contribution in [0.4, 0.5) is 13.2 Å². The van der Waals surface area contributed by atoms with E-state index in [0.717, 1.165) is 4.90 Å². The summed E-state index contributed by atoms with van der Waals surface area (Å²) < 4.78 is 37.3. The monoisotopic (exact) mass is 378 g/mol. The van der Waals surface area contributed by atoms with Gasteiger partial charge in [0.05, 0.1) is 0 Å². The van der Waals surface area contributed by atoms with Gasteiger partial charge in [-0.2, -0.15) is 13.2 Å². The summed E-state index contributed by atoms with van der Waals surface area (Å²) in [5.41, 5.74) is 0.456. The quantitative estimate of drug-likeness (QED) is 0.878. The molecule has 2 rings (SSSR count). The summed E-state index contributed by atoms with van der Waals surface area (Å²) in [5, 5.41) is 9.56. The highest BCUT2D eigenvalue weighted by molar-refractivity contribution is 6.30. The van der Waals surface area contributed by atoms with Crippen LogP contribution in [0.1, 0.15) is 23.2 Å². The average molecular weight is 379 g/mol. The standard InChI is InChI=1S/C16H18ClF3N2O3/c1-21(14(24)10-2-4-11(17)5-3-10)12-6-8-22(9-7-12)15(25)13(23)16(18,19)20/h2-5,12-13,23H,6-9H2,1H3/t13-/m1/s1. The van der Waals surface area contributed by atoms with Gasteiger partial charge in [0, 0.05) is 36.8 Å². The molecule has 0 bridgehead atoms. The molecule has 138 valence electrons. The van der Waals surface area contributed by atoms with Gasteiger partial charge in [-0.1, -0.05) is 11.6 Å². The fourth-order valence-corrected chi connectivity index (χ4v) is 2.87. The van der Waals surface area contributed by atoms with Crippen LogP contribution in [0.15, 0.2) is 24.3 Å². The maximum absolute atomic E-state index is 12.4. The van der Waals surface area contributed by atoms with Gasteiger partial charge in [0.25, 0.3) is 11.8 Å². The summed E-state index contributed by atoms with van der Waals surface area (Å²) in [6, 6.07) is 6.19. The van der Waals surface area contributed by atoms with Gasteiger partial charge in [-0.15, -0.1) is 0 Å². The Bertz CT molecular complexity index is 629. The first-order chi connectivity index (χ1) is 11.6. The summed E-state index contributed by atoms with van der Waals surface area (Å²) in [7, 11) is 1.61. The van der Waals surface area contributed by atoms with Gasteiger partial charge in [-0.05, 0) is 37.1 Å². The lowest BCUT2D eigenvalue weighted by molar-refractivity contribution is -0.211. The van der Waals surface area contributed by atoms with Gasteiger partial charge in [0.2, 0.25) is 6.10 Å². The van der Waals surface area contributed by atoms with Crippen molar-refractivity contribution in [3.05, 3.63) is 34.9 Å². The number of likely N-dealkylation sites (tertiary alicyclic amines) is 1. The molecule has 0 aromatic heterocycles. The third-order valence-electron chi connectivity index (χ3n) is 4.28. The van der Waals surface area contributed by atoms with Gasteiger partial charge in [-0.3, -0.25) is 9.59 Å².